The van der Waals surface area contributed by atoms with Crippen LogP contribution in [-0.2, 0) is 16.1 Å². The lowest BCUT2D eigenvalue weighted by atomic mass is 10.1. The van der Waals surface area contributed by atoms with Crippen LogP contribution in [0.25, 0.3) is 17.0 Å². The van der Waals surface area contributed by atoms with Crippen LogP contribution in [0.5, 0.6) is 0 Å². The van der Waals surface area contributed by atoms with Crippen LogP contribution in [0.1, 0.15) is 24.5 Å². The number of rotatable bonds is 4. The van der Waals surface area contributed by atoms with Gasteiger partial charge in [0.1, 0.15) is 5.57 Å². The molecule has 4 rings (SSSR count). The molecule has 0 atom stereocenters. The zero-order valence-corrected chi connectivity index (χ0v) is 16.3. The summed E-state index contributed by atoms with van der Waals surface area (Å²) in [6.07, 6.45) is 4.48. The quantitative estimate of drug-likeness (QED) is 0.543. The van der Waals surface area contributed by atoms with Crippen molar-refractivity contribution in [2.45, 2.75) is 26.8 Å². The molecule has 1 saturated heterocycles. The maximum Gasteiger partial charge on any atom is 0.335 e. The number of benzene rings is 2. The van der Waals surface area contributed by atoms with E-state index in [1.54, 1.807) is 18.2 Å². The number of hydrogen-bond acceptors (Lipinski definition) is 3. The molecule has 0 saturated carbocycles. The standard InChI is InChI=1S/C23H21N3O3/c1-3-12-25-14-16(17-9-5-7-11-20(17)25)13-18-21(27)24-23(29)26(22(18)28)19-10-6-4-8-15(19)2/h4-11,13-14H,3,12H2,1-2H3,(H,24,27,29)/b18-13+. The van der Waals surface area contributed by atoms with Crippen molar-refractivity contribution in [3.63, 3.8) is 0 Å². The van der Waals surface area contributed by atoms with E-state index >= 15 is 0 Å². The molecule has 1 aliphatic rings. The van der Waals surface area contributed by atoms with Gasteiger partial charge in [0.15, 0.2) is 0 Å². The van der Waals surface area contributed by atoms with Gasteiger partial charge >= 0.3 is 6.03 Å². The van der Waals surface area contributed by atoms with Crippen molar-refractivity contribution in [2.75, 3.05) is 4.90 Å². The Morgan fingerprint density at radius 3 is 2.48 bits per heavy atom. The molecule has 0 aliphatic carbocycles. The molecule has 1 fully saturated rings. The van der Waals surface area contributed by atoms with Crippen LogP contribution < -0.4 is 10.2 Å². The second-order valence-corrected chi connectivity index (χ2v) is 7.04. The summed E-state index contributed by atoms with van der Waals surface area (Å²) in [5.41, 5.74) is 2.97. The summed E-state index contributed by atoms with van der Waals surface area (Å²) in [5.74, 6) is -1.31. The Hall–Kier alpha value is -3.67. The van der Waals surface area contributed by atoms with Crippen LogP contribution in [0, 0.1) is 6.92 Å². The molecule has 2 aromatic carbocycles. The predicted octanol–water partition coefficient (Wildman–Crippen LogP) is 4.03. The molecule has 3 aromatic rings. The van der Waals surface area contributed by atoms with Crippen molar-refractivity contribution >= 4 is 40.5 Å². The first kappa shape index (κ1) is 18.7. The topological polar surface area (TPSA) is 71.4 Å². The third kappa shape index (κ3) is 3.23. The first-order valence-corrected chi connectivity index (χ1v) is 9.56. The van der Waals surface area contributed by atoms with Gasteiger partial charge in [0.25, 0.3) is 11.8 Å². The minimum Gasteiger partial charge on any atom is -0.347 e. The molecule has 6 nitrogen and oxygen atoms in total. The van der Waals surface area contributed by atoms with E-state index < -0.39 is 17.8 Å². The Morgan fingerprint density at radius 2 is 1.72 bits per heavy atom. The molecule has 4 amide bonds. The van der Waals surface area contributed by atoms with Crippen molar-refractivity contribution in [3.8, 4) is 0 Å². The molecular weight excluding hydrogens is 366 g/mol. The molecular formula is C23H21N3O3. The predicted molar refractivity (Wildman–Crippen MR) is 112 cm³/mol. The van der Waals surface area contributed by atoms with Crippen molar-refractivity contribution in [2.24, 2.45) is 0 Å². The lowest BCUT2D eigenvalue weighted by Crippen LogP contribution is -2.54. The average molecular weight is 387 g/mol. The van der Waals surface area contributed by atoms with Crippen LogP contribution in [0.15, 0.2) is 60.3 Å². The molecule has 2 heterocycles. The summed E-state index contributed by atoms with van der Waals surface area (Å²) in [4.78, 5) is 39.1. The third-order valence-corrected chi connectivity index (χ3v) is 5.04. The van der Waals surface area contributed by atoms with Gasteiger partial charge in [-0.3, -0.25) is 14.9 Å². The molecule has 1 aliphatic heterocycles. The summed E-state index contributed by atoms with van der Waals surface area (Å²) in [6.45, 7) is 4.74. The minimum absolute atomic E-state index is 0.0627. The number of nitrogens with one attached hydrogen (secondary N) is 1. The van der Waals surface area contributed by atoms with Crippen LogP contribution in [0.3, 0.4) is 0 Å². The van der Waals surface area contributed by atoms with Crippen molar-refractivity contribution in [1.82, 2.24) is 9.88 Å². The Kier molecular flexibility index (Phi) is 4.76. The average Bonchev–Trinajstić information content (AvgIpc) is 3.04. The molecule has 0 radical (unpaired) electrons. The summed E-state index contributed by atoms with van der Waals surface area (Å²) in [5, 5.41) is 3.24. The van der Waals surface area contributed by atoms with Gasteiger partial charge in [0.2, 0.25) is 0 Å². The van der Waals surface area contributed by atoms with Crippen LogP contribution in [0.4, 0.5) is 10.5 Å². The van der Waals surface area contributed by atoms with Crippen LogP contribution in [0.2, 0.25) is 0 Å². The fourth-order valence-electron chi connectivity index (χ4n) is 3.66. The van der Waals surface area contributed by atoms with Gasteiger partial charge < -0.3 is 4.57 Å². The maximum atomic E-state index is 13.1. The van der Waals surface area contributed by atoms with E-state index in [1.165, 1.54) is 0 Å². The SMILES string of the molecule is CCCn1cc(/C=C2\C(=O)NC(=O)N(c3ccccc3C)C2=O)c2ccccc21. The van der Waals surface area contributed by atoms with Gasteiger partial charge in [-0.05, 0) is 37.1 Å². The Bertz CT molecular complexity index is 1170. The number of urea groups is 1. The molecule has 146 valence electrons. The largest absolute Gasteiger partial charge is 0.347 e. The van der Waals surface area contributed by atoms with Crippen LogP contribution >= 0.6 is 0 Å². The number of fused-ring (bicyclic) bond motifs is 1. The molecule has 6 heteroatoms. The number of barbiturate groups is 1. The summed E-state index contributed by atoms with van der Waals surface area (Å²) in [7, 11) is 0. The molecule has 0 bridgehead atoms. The van der Waals surface area contributed by atoms with E-state index in [1.807, 2.05) is 49.5 Å². The summed E-state index contributed by atoms with van der Waals surface area (Å²) in [6, 6.07) is 14.2. The van der Waals surface area contributed by atoms with Gasteiger partial charge in [-0.1, -0.05) is 43.3 Å². The maximum absolute atomic E-state index is 13.1. The van der Waals surface area contributed by atoms with Gasteiger partial charge in [-0.25, -0.2) is 9.69 Å². The Balaban J connectivity index is 1.82. The molecule has 1 N–H and O–H groups in total. The zero-order valence-electron chi connectivity index (χ0n) is 16.3. The highest BCUT2D eigenvalue weighted by Crippen LogP contribution is 2.28. The number of anilines is 1. The Morgan fingerprint density at radius 1 is 1.00 bits per heavy atom. The first-order valence-electron chi connectivity index (χ1n) is 9.56. The lowest BCUT2D eigenvalue weighted by molar-refractivity contribution is -0.122. The number of amides is 4. The van der Waals surface area contributed by atoms with E-state index in [2.05, 4.69) is 16.8 Å². The number of carbonyl (C=O) groups is 3. The number of aryl methyl sites for hydroxylation is 2. The van der Waals surface area contributed by atoms with E-state index in [4.69, 9.17) is 0 Å². The number of hydrogen-bond donors (Lipinski definition) is 1. The molecule has 29 heavy (non-hydrogen) atoms. The zero-order chi connectivity index (χ0) is 20.5. The third-order valence-electron chi connectivity index (χ3n) is 5.04. The van der Waals surface area contributed by atoms with Gasteiger partial charge in [0.05, 0.1) is 5.69 Å². The number of nitrogens with zero attached hydrogens (tertiary/aromatic N) is 2. The Labute approximate surface area is 168 Å². The van der Waals surface area contributed by atoms with Crippen molar-refractivity contribution < 1.29 is 14.4 Å². The number of carbonyl (C=O) groups excluding carboxylic acids is 3. The molecule has 0 unspecified atom stereocenters. The number of imide groups is 2. The number of aromatic nitrogens is 1. The molecule has 1 aromatic heterocycles. The minimum atomic E-state index is -0.736. The lowest BCUT2D eigenvalue weighted by Gasteiger charge is -2.27. The van der Waals surface area contributed by atoms with E-state index in [-0.39, 0.29) is 5.57 Å². The first-order chi connectivity index (χ1) is 14.0. The second-order valence-electron chi connectivity index (χ2n) is 7.04. The molecule has 0 spiro atoms. The monoisotopic (exact) mass is 387 g/mol. The second kappa shape index (κ2) is 7.39. The summed E-state index contributed by atoms with van der Waals surface area (Å²) >= 11 is 0. The van der Waals surface area contributed by atoms with Gasteiger partial charge in [-0.15, -0.1) is 0 Å². The fourth-order valence-corrected chi connectivity index (χ4v) is 3.66. The number of para-hydroxylation sites is 2. The smallest absolute Gasteiger partial charge is 0.335 e. The highest BCUT2D eigenvalue weighted by Gasteiger charge is 2.37. The van der Waals surface area contributed by atoms with Crippen molar-refractivity contribution in [3.05, 3.63) is 71.4 Å². The van der Waals surface area contributed by atoms with E-state index in [0.717, 1.165) is 39.9 Å². The fraction of sp³-hybridized carbons (Fsp3) is 0.174. The summed E-state index contributed by atoms with van der Waals surface area (Å²) < 4.78 is 2.11. The van der Waals surface area contributed by atoms with Gasteiger partial charge in [0, 0.05) is 29.2 Å². The van der Waals surface area contributed by atoms with Gasteiger partial charge in [-0.2, -0.15) is 0 Å². The normalized spacial score (nSPS) is 16.0. The highest BCUT2D eigenvalue weighted by molar-refractivity contribution is 6.39. The van der Waals surface area contributed by atoms with Crippen molar-refractivity contribution in [1.29, 1.82) is 0 Å². The van der Waals surface area contributed by atoms with E-state index in [9.17, 15) is 14.4 Å². The highest BCUT2D eigenvalue weighted by atomic mass is 16.2. The van der Waals surface area contributed by atoms with Crippen LogP contribution in [-0.4, -0.2) is 22.4 Å². The van der Waals surface area contributed by atoms with E-state index in [0.29, 0.717) is 5.69 Å².